The van der Waals surface area contributed by atoms with Crippen molar-refractivity contribution >= 4 is 27.0 Å². The Morgan fingerprint density at radius 1 is 1.38 bits per heavy atom. The van der Waals surface area contributed by atoms with Crippen molar-refractivity contribution < 1.29 is 17.6 Å². The molecule has 1 aromatic carbocycles. The van der Waals surface area contributed by atoms with E-state index >= 15 is 0 Å². The number of nitrogens with zero attached hydrogens (tertiary/aromatic N) is 2. The summed E-state index contributed by atoms with van der Waals surface area (Å²) >= 11 is 0. The average Bonchev–Trinajstić information content (AvgIpc) is 2.73. The van der Waals surface area contributed by atoms with Gasteiger partial charge in [-0.2, -0.15) is 0 Å². The van der Waals surface area contributed by atoms with Crippen LogP contribution in [0.1, 0.15) is 0 Å². The summed E-state index contributed by atoms with van der Waals surface area (Å²) in [6.45, 7) is -0.192. The first kappa shape index (κ1) is 15.3. The summed E-state index contributed by atoms with van der Waals surface area (Å²) in [5, 5.41) is 2.40. The van der Waals surface area contributed by atoms with Gasteiger partial charge in [0.25, 0.3) is 0 Å². The minimum Gasteiger partial charge on any atom is -0.408 e. The molecule has 0 bridgehead atoms. The monoisotopic (exact) mass is 313 g/mol. The quantitative estimate of drug-likeness (QED) is 0.827. The molecule has 9 heteroatoms. The second-order valence-electron chi connectivity index (χ2n) is 4.54. The number of oxazole rings is 1. The van der Waals surface area contributed by atoms with E-state index in [0.717, 1.165) is 8.87 Å². The van der Waals surface area contributed by atoms with Crippen LogP contribution in [0.15, 0.2) is 32.3 Å². The smallest absolute Gasteiger partial charge is 0.408 e. The van der Waals surface area contributed by atoms with Crippen LogP contribution in [0.3, 0.4) is 0 Å². The van der Waals surface area contributed by atoms with Crippen molar-refractivity contribution in [3.05, 3.63) is 28.7 Å². The second-order valence-corrected chi connectivity index (χ2v) is 6.70. The molecule has 8 nitrogen and oxygen atoms in total. The molecule has 0 saturated carbocycles. The van der Waals surface area contributed by atoms with Gasteiger partial charge in [-0.1, -0.05) is 0 Å². The van der Waals surface area contributed by atoms with E-state index in [0.29, 0.717) is 5.52 Å². The third kappa shape index (κ3) is 2.69. The van der Waals surface area contributed by atoms with Crippen LogP contribution in [0, 0.1) is 0 Å². The van der Waals surface area contributed by atoms with Crippen LogP contribution in [0.25, 0.3) is 11.1 Å². The van der Waals surface area contributed by atoms with Crippen molar-refractivity contribution in [2.75, 3.05) is 21.1 Å². The van der Waals surface area contributed by atoms with E-state index in [9.17, 15) is 18.0 Å². The van der Waals surface area contributed by atoms with Crippen molar-refractivity contribution in [2.24, 2.45) is 0 Å². The standard InChI is InChI=1S/C12H15N3O5S/c1-13-11(16)7-15-9-5-4-8(21(18,19)14(2)3)6-10(9)20-12(15)17/h4-6H,7H2,1-3H3,(H,13,16). The lowest BCUT2D eigenvalue weighted by molar-refractivity contribution is -0.121. The molecule has 2 aromatic rings. The van der Waals surface area contributed by atoms with Crippen LogP contribution in [0.4, 0.5) is 0 Å². The molecular formula is C12H15N3O5S. The number of hydrogen-bond donors (Lipinski definition) is 1. The molecule has 0 aliphatic heterocycles. The van der Waals surface area contributed by atoms with Crippen LogP contribution in [-0.4, -0.2) is 44.3 Å². The van der Waals surface area contributed by atoms with E-state index in [-0.39, 0.29) is 22.9 Å². The maximum absolute atomic E-state index is 12.0. The summed E-state index contributed by atoms with van der Waals surface area (Å²) in [5.74, 6) is -1.07. The second kappa shape index (κ2) is 5.34. The van der Waals surface area contributed by atoms with Gasteiger partial charge in [-0.05, 0) is 12.1 Å². The Labute approximate surface area is 121 Å². The van der Waals surface area contributed by atoms with Gasteiger partial charge in [-0.25, -0.2) is 17.5 Å². The molecule has 21 heavy (non-hydrogen) atoms. The Hall–Kier alpha value is -2.13. The lowest BCUT2D eigenvalue weighted by atomic mass is 10.3. The number of benzene rings is 1. The lowest BCUT2D eigenvalue weighted by Gasteiger charge is -2.10. The number of nitrogens with one attached hydrogen (secondary N) is 1. The Morgan fingerprint density at radius 3 is 2.62 bits per heavy atom. The molecular weight excluding hydrogens is 298 g/mol. The van der Waals surface area contributed by atoms with Gasteiger partial charge in [0.05, 0.1) is 10.4 Å². The first-order chi connectivity index (χ1) is 9.77. The van der Waals surface area contributed by atoms with Gasteiger partial charge in [-0.3, -0.25) is 9.36 Å². The molecule has 0 saturated heterocycles. The zero-order chi connectivity index (χ0) is 15.8. The van der Waals surface area contributed by atoms with Crippen LogP contribution < -0.4 is 11.1 Å². The molecule has 1 N–H and O–H groups in total. The van der Waals surface area contributed by atoms with E-state index < -0.39 is 15.8 Å². The lowest BCUT2D eigenvalue weighted by Crippen LogP contribution is -2.27. The van der Waals surface area contributed by atoms with Crippen LogP contribution >= 0.6 is 0 Å². The number of fused-ring (bicyclic) bond motifs is 1. The summed E-state index contributed by atoms with van der Waals surface area (Å²) in [4.78, 5) is 23.1. The number of aromatic nitrogens is 1. The number of rotatable bonds is 4. The van der Waals surface area contributed by atoms with Gasteiger partial charge in [0.15, 0.2) is 5.58 Å². The van der Waals surface area contributed by atoms with Gasteiger partial charge < -0.3 is 9.73 Å². The van der Waals surface area contributed by atoms with Gasteiger partial charge in [0.1, 0.15) is 6.54 Å². The SMILES string of the molecule is CNC(=O)Cn1c(=O)oc2cc(S(=O)(=O)N(C)C)ccc21. The van der Waals surface area contributed by atoms with E-state index in [1.54, 1.807) is 0 Å². The van der Waals surface area contributed by atoms with Crippen molar-refractivity contribution in [2.45, 2.75) is 11.4 Å². The highest BCUT2D eigenvalue weighted by Gasteiger charge is 2.20. The van der Waals surface area contributed by atoms with Crippen LogP contribution in [0.2, 0.25) is 0 Å². The molecule has 1 amide bonds. The number of hydrogen-bond acceptors (Lipinski definition) is 5. The largest absolute Gasteiger partial charge is 0.420 e. The van der Waals surface area contributed by atoms with E-state index in [1.165, 1.54) is 39.3 Å². The summed E-state index contributed by atoms with van der Waals surface area (Å²) in [5.41, 5.74) is 0.480. The van der Waals surface area contributed by atoms with Gasteiger partial charge in [0.2, 0.25) is 15.9 Å². The zero-order valence-corrected chi connectivity index (χ0v) is 12.6. The Balaban J connectivity index is 2.58. The molecule has 0 fully saturated rings. The Morgan fingerprint density at radius 2 is 2.05 bits per heavy atom. The Kier molecular flexibility index (Phi) is 3.88. The fourth-order valence-corrected chi connectivity index (χ4v) is 2.71. The summed E-state index contributed by atoms with van der Waals surface area (Å²) in [6.07, 6.45) is 0. The fraction of sp³-hybridized carbons (Fsp3) is 0.333. The molecule has 1 aromatic heterocycles. The molecule has 0 aliphatic carbocycles. The summed E-state index contributed by atoms with van der Waals surface area (Å²) in [7, 11) is 0.657. The number of carbonyl (C=O) groups excluding carboxylic acids is 1. The first-order valence-corrected chi connectivity index (χ1v) is 7.48. The predicted molar refractivity (Wildman–Crippen MR) is 75.4 cm³/mol. The molecule has 0 atom stereocenters. The van der Waals surface area contributed by atoms with E-state index in [4.69, 9.17) is 4.42 Å². The molecule has 0 radical (unpaired) electrons. The molecule has 0 spiro atoms. The maximum atomic E-state index is 12.0. The highest BCUT2D eigenvalue weighted by atomic mass is 32.2. The van der Waals surface area contributed by atoms with Crippen LogP contribution in [-0.2, 0) is 21.4 Å². The average molecular weight is 313 g/mol. The molecule has 0 unspecified atom stereocenters. The number of sulfonamides is 1. The number of amides is 1. The minimum absolute atomic E-state index is 0.0147. The van der Waals surface area contributed by atoms with E-state index in [2.05, 4.69) is 5.32 Å². The summed E-state index contributed by atoms with van der Waals surface area (Å²) < 4.78 is 31.3. The fourth-order valence-electron chi connectivity index (χ4n) is 1.79. The van der Waals surface area contributed by atoms with Crippen molar-refractivity contribution in [1.29, 1.82) is 0 Å². The number of likely N-dealkylation sites (N-methyl/N-ethyl adjacent to an activating group) is 1. The third-order valence-corrected chi connectivity index (χ3v) is 4.81. The van der Waals surface area contributed by atoms with Crippen molar-refractivity contribution in [1.82, 2.24) is 14.2 Å². The zero-order valence-electron chi connectivity index (χ0n) is 11.8. The first-order valence-electron chi connectivity index (χ1n) is 6.04. The third-order valence-electron chi connectivity index (χ3n) is 3.00. The molecule has 1 heterocycles. The van der Waals surface area contributed by atoms with E-state index in [1.807, 2.05) is 0 Å². The topological polar surface area (TPSA) is 102 Å². The van der Waals surface area contributed by atoms with Crippen molar-refractivity contribution in [3.63, 3.8) is 0 Å². The summed E-state index contributed by atoms with van der Waals surface area (Å²) in [6, 6.07) is 4.08. The van der Waals surface area contributed by atoms with Gasteiger partial charge >= 0.3 is 5.76 Å². The molecule has 2 rings (SSSR count). The normalized spacial score (nSPS) is 12.0. The highest BCUT2D eigenvalue weighted by Crippen LogP contribution is 2.20. The van der Waals surface area contributed by atoms with Crippen LogP contribution in [0.5, 0.6) is 0 Å². The van der Waals surface area contributed by atoms with Crippen molar-refractivity contribution in [3.8, 4) is 0 Å². The van der Waals surface area contributed by atoms with Gasteiger partial charge in [0, 0.05) is 27.2 Å². The minimum atomic E-state index is -3.62. The molecule has 114 valence electrons. The Bertz CT molecular complexity index is 847. The highest BCUT2D eigenvalue weighted by molar-refractivity contribution is 7.89. The van der Waals surface area contributed by atoms with Gasteiger partial charge in [-0.15, -0.1) is 0 Å². The predicted octanol–water partition coefficient (Wildman–Crippen LogP) is -0.409. The molecule has 0 aliphatic rings. The number of carbonyl (C=O) groups is 1. The maximum Gasteiger partial charge on any atom is 0.420 e.